The SMILES string of the molecule is Cn1nc(Br)cc1C(C)(N)C(F)F. The minimum absolute atomic E-state index is 0.300. The fourth-order valence-electron chi connectivity index (χ4n) is 1.05. The molecule has 6 heteroatoms. The number of nitrogens with two attached hydrogens (primary N) is 1. The van der Waals surface area contributed by atoms with E-state index in [1.54, 1.807) is 7.05 Å². The second-order valence-electron chi connectivity index (χ2n) is 3.06. The van der Waals surface area contributed by atoms with E-state index in [1.807, 2.05) is 0 Å². The first kappa shape index (κ1) is 10.6. The van der Waals surface area contributed by atoms with E-state index in [4.69, 9.17) is 5.73 Å². The molecule has 0 aliphatic heterocycles. The summed E-state index contributed by atoms with van der Waals surface area (Å²) in [5, 5.41) is 3.88. The number of hydrogen-bond acceptors (Lipinski definition) is 2. The lowest BCUT2D eigenvalue weighted by molar-refractivity contribution is 0.0580. The third kappa shape index (κ3) is 1.88. The van der Waals surface area contributed by atoms with Crippen LogP contribution in [-0.4, -0.2) is 16.2 Å². The molecule has 0 bridgehead atoms. The second kappa shape index (κ2) is 3.34. The van der Waals surface area contributed by atoms with Crippen LogP contribution in [0.3, 0.4) is 0 Å². The van der Waals surface area contributed by atoms with Gasteiger partial charge in [-0.3, -0.25) is 4.68 Å². The lowest BCUT2D eigenvalue weighted by Gasteiger charge is -2.23. The molecule has 0 fully saturated rings. The highest BCUT2D eigenvalue weighted by Gasteiger charge is 2.35. The average Bonchev–Trinajstić information content (AvgIpc) is 2.30. The fraction of sp³-hybridized carbons (Fsp3) is 0.571. The zero-order valence-corrected chi connectivity index (χ0v) is 8.85. The molecule has 0 spiro atoms. The van der Waals surface area contributed by atoms with Crippen LogP contribution in [0.15, 0.2) is 10.7 Å². The van der Waals surface area contributed by atoms with Crippen LogP contribution < -0.4 is 5.73 Å². The Bertz CT molecular complexity index is 309. The largest absolute Gasteiger partial charge is 0.316 e. The predicted octanol–water partition coefficient (Wildman–Crippen LogP) is 1.62. The number of nitrogens with zero attached hydrogens (tertiary/aromatic N) is 2. The maximum Gasteiger partial charge on any atom is 0.261 e. The number of alkyl halides is 2. The van der Waals surface area contributed by atoms with Crippen molar-refractivity contribution >= 4 is 15.9 Å². The molecule has 1 aromatic heterocycles. The summed E-state index contributed by atoms with van der Waals surface area (Å²) < 4.78 is 26.9. The number of hydrogen-bond donors (Lipinski definition) is 1. The summed E-state index contributed by atoms with van der Waals surface area (Å²) in [5.74, 6) is 0. The third-order valence-electron chi connectivity index (χ3n) is 1.86. The summed E-state index contributed by atoms with van der Waals surface area (Å²) >= 11 is 3.09. The molecule has 0 aliphatic rings. The molecule has 0 amide bonds. The Hall–Kier alpha value is -0.490. The van der Waals surface area contributed by atoms with Crippen molar-refractivity contribution in [1.29, 1.82) is 0 Å². The Balaban J connectivity index is 3.13. The van der Waals surface area contributed by atoms with Gasteiger partial charge in [-0.25, -0.2) is 8.78 Å². The van der Waals surface area contributed by atoms with Gasteiger partial charge in [0.1, 0.15) is 10.1 Å². The molecule has 0 aromatic carbocycles. The van der Waals surface area contributed by atoms with E-state index in [0.29, 0.717) is 10.3 Å². The summed E-state index contributed by atoms with van der Waals surface area (Å²) in [4.78, 5) is 0. The third-order valence-corrected chi connectivity index (χ3v) is 2.24. The van der Waals surface area contributed by atoms with Crippen molar-refractivity contribution in [2.45, 2.75) is 18.9 Å². The summed E-state index contributed by atoms with van der Waals surface area (Å²) in [6, 6.07) is 1.49. The van der Waals surface area contributed by atoms with Crippen molar-refractivity contribution in [3.63, 3.8) is 0 Å². The summed E-state index contributed by atoms with van der Waals surface area (Å²) in [5.41, 5.74) is 4.10. The van der Waals surface area contributed by atoms with Gasteiger partial charge in [-0.2, -0.15) is 5.10 Å². The second-order valence-corrected chi connectivity index (χ2v) is 3.87. The zero-order chi connectivity index (χ0) is 10.2. The zero-order valence-electron chi connectivity index (χ0n) is 7.26. The monoisotopic (exact) mass is 253 g/mol. The van der Waals surface area contributed by atoms with Crippen molar-refractivity contribution in [2.75, 3.05) is 0 Å². The molecule has 1 heterocycles. The molecular formula is C7H10BrF2N3. The van der Waals surface area contributed by atoms with Gasteiger partial charge >= 0.3 is 0 Å². The molecule has 1 atom stereocenters. The molecule has 2 N–H and O–H groups in total. The van der Waals surface area contributed by atoms with Crippen LogP contribution in [0.2, 0.25) is 0 Å². The van der Waals surface area contributed by atoms with Crippen molar-refractivity contribution in [1.82, 2.24) is 9.78 Å². The van der Waals surface area contributed by atoms with Gasteiger partial charge in [0.15, 0.2) is 0 Å². The Morgan fingerprint density at radius 1 is 1.69 bits per heavy atom. The Kier molecular flexibility index (Phi) is 2.72. The highest BCUT2D eigenvalue weighted by atomic mass is 79.9. The van der Waals surface area contributed by atoms with Crippen molar-refractivity contribution in [3.8, 4) is 0 Å². The highest BCUT2D eigenvalue weighted by Crippen LogP contribution is 2.26. The van der Waals surface area contributed by atoms with Gasteiger partial charge in [-0.15, -0.1) is 0 Å². The molecule has 1 rings (SSSR count). The van der Waals surface area contributed by atoms with Gasteiger partial charge in [0, 0.05) is 7.05 Å². The smallest absolute Gasteiger partial charge is 0.261 e. The molecule has 1 unspecified atom stereocenters. The van der Waals surface area contributed by atoms with E-state index in [2.05, 4.69) is 21.0 Å². The topological polar surface area (TPSA) is 43.8 Å². The van der Waals surface area contributed by atoms with Crippen LogP contribution in [0.1, 0.15) is 12.6 Å². The Labute approximate surface area is 83.0 Å². The van der Waals surface area contributed by atoms with Gasteiger partial charge in [0.2, 0.25) is 0 Å². The first-order valence-corrected chi connectivity index (χ1v) is 4.42. The number of rotatable bonds is 2. The molecule has 3 nitrogen and oxygen atoms in total. The molecule has 0 saturated heterocycles. The number of aryl methyl sites for hydroxylation is 1. The number of halogens is 3. The predicted molar refractivity (Wildman–Crippen MR) is 48.5 cm³/mol. The molecule has 74 valence electrons. The van der Waals surface area contributed by atoms with Gasteiger partial charge in [0.25, 0.3) is 6.43 Å². The summed E-state index contributed by atoms with van der Waals surface area (Å²) in [6.07, 6.45) is -2.62. The maximum atomic E-state index is 12.5. The van der Waals surface area contributed by atoms with E-state index in [9.17, 15) is 8.78 Å². The lowest BCUT2D eigenvalue weighted by Crippen LogP contribution is -2.42. The molecule has 1 aromatic rings. The summed E-state index contributed by atoms with van der Waals surface area (Å²) in [7, 11) is 1.58. The first-order chi connectivity index (χ1) is 5.85. The normalized spacial score (nSPS) is 16.2. The standard InChI is InChI=1S/C7H10BrF2N3/c1-7(11,6(9)10)4-3-5(8)12-13(4)2/h3,6H,11H2,1-2H3. The van der Waals surface area contributed by atoms with Crippen molar-refractivity contribution in [3.05, 3.63) is 16.4 Å². The molecule has 0 saturated carbocycles. The van der Waals surface area contributed by atoms with Crippen molar-refractivity contribution < 1.29 is 8.78 Å². The minimum atomic E-state index is -2.62. The van der Waals surface area contributed by atoms with Gasteiger partial charge in [0.05, 0.1) is 5.69 Å². The molecular weight excluding hydrogens is 244 g/mol. The van der Waals surface area contributed by atoms with E-state index < -0.39 is 12.0 Å². The van der Waals surface area contributed by atoms with E-state index in [-0.39, 0.29) is 0 Å². The van der Waals surface area contributed by atoms with Crippen molar-refractivity contribution in [2.24, 2.45) is 12.8 Å². The van der Waals surface area contributed by atoms with Crippen LogP contribution in [0.4, 0.5) is 8.78 Å². The highest BCUT2D eigenvalue weighted by molar-refractivity contribution is 9.10. The van der Waals surface area contributed by atoms with Gasteiger partial charge < -0.3 is 5.73 Å². The van der Waals surface area contributed by atoms with Crippen LogP contribution in [0.25, 0.3) is 0 Å². The van der Waals surface area contributed by atoms with Crippen LogP contribution in [-0.2, 0) is 12.6 Å². The Morgan fingerprint density at radius 2 is 2.23 bits per heavy atom. The number of aromatic nitrogens is 2. The maximum absolute atomic E-state index is 12.5. The fourth-order valence-corrected chi connectivity index (χ4v) is 1.50. The van der Waals surface area contributed by atoms with Crippen LogP contribution in [0.5, 0.6) is 0 Å². The van der Waals surface area contributed by atoms with E-state index >= 15 is 0 Å². The van der Waals surface area contributed by atoms with Crippen LogP contribution in [0, 0.1) is 0 Å². The van der Waals surface area contributed by atoms with Gasteiger partial charge in [-0.05, 0) is 28.9 Å². The molecule has 0 aliphatic carbocycles. The minimum Gasteiger partial charge on any atom is -0.316 e. The molecule has 13 heavy (non-hydrogen) atoms. The Morgan fingerprint density at radius 3 is 2.54 bits per heavy atom. The summed E-state index contributed by atoms with van der Waals surface area (Å²) in [6.45, 7) is 1.28. The van der Waals surface area contributed by atoms with E-state index in [0.717, 1.165) is 0 Å². The van der Waals surface area contributed by atoms with Crippen LogP contribution >= 0.6 is 15.9 Å². The average molecular weight is 254 g/mol. The van der Waals surface area contributed by atoms with E-state index in [1.165, 1.54) is 17.7 Å². The lowest BCUT2D eigenvalue weighted by atomic mass is 10.0. The first-order valence-electron chi connectivity index (χ1n) is 3.62. The van der Waals surface area contributed by atoms with Gasteiger partial charge in [-0.1, -0.05) is 0 Å². The molecule has 0 radical (unpaired) electrons. The quantitative estimate of drug-likeness (QED) is 0.871.